The fourth-order valence-electron chi connectivity index (χ4n) is 3.40. The first kappa shape index (κ1) is 7.34. The predicted octanol–water partition coefficient (Wildman–Crippen LogP) is 1.18. The van der Waals surface area contributed by atoms with Gasteiger partial charge in [-0.05, 0) is 37.0 Å². The lowest BCUT2D eigenvalue weighted by Crippen LogP contribution is -2.28. The molecule has 3 rings (SSSR count). The average Bonchev–Trinajstić information content (AvgIpc) is 2.71. The quantitative estimate of drug-likeness (QED) is 0.628. The summed E-state index contributed by atoms with van der Waals surface area (Å²) in [7, 11) is 0. The average molecular weight is 168 g/mol. The van der Waals surface area contributed by atoms with Gasteiger partial charge in [0.25, 0.3) is 0 Å². The topological polar surface area (TPSA) is 32.8 Å². The van der Waals surface area contributed by atoms with E-state index in [1.165, 1.54) is 12.8 Å². The highest BCUT2D eigenvalue weighted by molar-refractivity contribution is 5.11. The standard InChI is InChI=1S/C10H16O2/c1-2-8(11)6-3-5-4-7(6)10-9(5)12-10/h5-11H,2-4H2,1H3. The molecular weight excluding hydrogens is 152 g/mol. The zero-order chi connectivity index (χ0) is 8.29. The minimum atomic E-state index is -0.0647. The maximum absolute atomic E-state index is 9.76. The predicted molar refractivity (Wildman–Crippen MR) is 44.7 cm³/mol. The van der Waals surface area contributed by atoms with Crippen molar-refractivity contribution in [2.75, 3.05) is 0 Å². The largest absolute Gasteiger partial charge is 0.393 e. The number of epoxide rings is 1. The summed E-state index contributed by atoms with van der Waals surface area (Å²) in [6, 6.07) is 0. The van der Waals surface area contributed by atoms with Crippen LogP contribution in [0.4, 0.5) is 0 Å². The van der Waals surface area contributed by atoms with E-state index in [0.29, 0.717) is 24.0 Å². The number of aliphatic hydroxyl groups is 1. The molecule has 3 fully saturated rings. The van der Waals surface area contributed by atoms with E-state index >= 15 is 0 Å². The number of fused-ring (bicyclic) bond motifs is 5. The van der Waals surface area contributed by atoms with Gasteiger partial charge in [0.15, 0.2) is 0 Å². The molecule has 6 atom stereocenters. The Labute approximate surface area is 72.9 Å². The fourth-order valence-corrected chi connectivity index (χ4v) is 3.40. The van der Waals surface area contributed by atoms with E-state index in [4.69, 9.17) is 4.74 Å². The molecule has 1 N–H and O–H groups in total. The van der Waals surface area contributed by atoms with Gasteiger partial charge in [0.1, 0.15) is 0 Å². The molecule has 2 heteroatoms. The van der Waals surface area contributed by atoms with Gasteiger partial charge < -0.3 is 9.84 Å². The number of rotatable bonds is 2. The first-order valence-corrected chi connectivity index (χ1v) is 5.14. The molecule has 0 aromatic carbocycles. The van der Waals surface area contributed by atoms with Crippen LogP contribution in [0.3, 0.4) is 0 Å². The third kappa shape index (κ3) is 0.775. The number of hydrogen-bond acceptors (Lipinski definition) is 2. The summed E-state index contributed by atoms with van der Waals surface area (Å²) in [5, 5.41) is 9.76. The summed E-state index contributed by atoms with van der Waals surface area (Å²) < 4.78 is 5.55. The van der Waals surface area contributed by atoms with E-state index in [2.05, 4.69) is 6.92 Å². The van der Waals surface area contributed by atoms with E-state index in [1.807, 2.05) is 0 Å². The molecule has 2 bridgehead atoms. The van der Waals surface area contributed by atoms with Gasteiger partial charge in [0.05, 0.1) is 18.3 Å². The van der Waals surface area contributed by atoms with E-state index in [1.54, 1.807) is 0 Å². The lowest BCUT2D eigenvalue weighted by molar-refractivity contribution is 0.0722. The normalized spacial score (nSPS) is 57.0. The molecule has 2 aliphatic carbocycles. The molecule has 0 spiro atoms. The van der Waals surface area contributed by atoms with E-state index in [9.17, 15) is 5.11 Å². The van der Waals surface area contributed by atoms with Gasteiger partial charge >= 0.3 is 0 Å². The van der Waals surface area contributed by atoms with Crippen LogP contribution in [0.25, 0.3) is 0 Å². The van der Waals surface area contributed by atoms with Crippen LogP contribution in [0, 0.1) is 17.8 Å². The van der Waals surface area contributed by atoms with Crippen LogP contribution in [0.5, 0.6) is 0 Å². The van der Waals surface area contributed by atoms with Crippen molar-refractivity contribution in [2.24, 2.45) is 17.8 Å². The van der Waals surface area contributed by atoms with Crippen LogP contribution >= 0.6 is 0 Å². The molecule has 0 amide bonds. The van der Waals surface area contributed by atoms with Crippen molar-refractivity contribution in [3.05, 3.63) is 0 Å². The first-order chi connectivity index (χ1) is 5.81. The number of aliphatic hydroxyl groups excluding tert-OH is 1. The Morgan fingerprint density at radius 3 is 2.83 bits per heavy atom. The molecule has 1 saturated heterocycles. The molecule has 1 aliphatic heterocycles. The summed E-state index contributed by atoms with van der Waals surface area (Å²) in [4.78, 5) is 0. The second kappa shape index (κ2) is 2.24. The first-order valence-electron chi connectivity index (χ1n) is 5.14. The van der Waals surface area contributed by atoms with Gasteiger partial charge in [-0.1, -0.05) is 6.92 Å². The van der Waals surface area contributed by atoms with Gasteiger partial charge in [-0.25, -0.2) is 0 Å². The van der Waals surface area contributed by atoms with Crippen molar-refractivity contribution in [1.82, 2.24) is 0 Å². The molecular formula is C10H16O2. The monoisotopic (exact) mass is 168 g/mol. The van der Waals surface area contributed by atoms with E-state index in [-0.39, 0.29) is 6.10 Å². The minimum Gasteiger partial charge on any atom is -0.393 e. The fraction of sp³-hybridized carbons (Fsp3) is 1.00. The summed E-state index contributed by atoms with van der Waals surface area (Å²) in [6.07, 6.45) is 4.55. The van der Waals surface area contributed by atoms with Gasteiger partial charge in [-0.2, -0.15) is 0 Å². The van der Waals surface area contributed by atoms with Crippen LogP contribution in [0.1, 0.15) is 26.2 Å². The summed E-state index contributed by atoms with van der Waals surface area (Å²) in [6.45, 7) is 2.07. The lowest BCUT2D eigenvalue weighted by Gasteiger charge is -2.23. The van der Waals surface area contributed by atoms with Gasteiger partial charge in [-0.3, -0.25) is 0 Å². The van der Waals surface area contributed by atoms with Crippen molar-refractivity contribution in [3.63, 3.8) is 0 Å². The molecule has 1 heterocycles. The highest BCUT2D eigenvalue weighted by Gasteiger charge is 2.63. The molecule has 0 radical (unpaired) electrons. The van der Waals surface area contributed by atoms with E-state index in [0.717, 1.165) is 12.3 Å². The van der Waals surface area contributed by atoms with Gasteiger partial charge in [0.2, 0.25) is 0 Å². The maximum Gasteiger partial charge on any atom is 0.0876 e. The molecule has 0 aromatic heterocycles. The van der Waals surface area contributed by atoms with Crippen molar-refractivity contribution < 1.29 is 9.84 Å². The van der Waals surface area contributed by atoms with Crippen molar-refractivity contribution in [1.29, 1.82) is 0 Å². The minimum absolute atomic E-state index is 0.0647. The molecule has 12 heavy (non-hydrogen) atoms. The Kier molecular flexibility index (Phi) is 1.37. The van der Waals surface area contributed by atoms with Crippen LogP contribution in [-0.2, 0) is 4.74 Å². The van der Waals surface area contributed by atoms with Gasteiger partial charge in [-0.15, -0.1) is 0 Å². The summed E-state index contributed by atoms with van der Waals surface area (Å²) in [5.74, 6) is 2.06. The number of ether oxygens (including phenoxy) is 1. The highest BCUT2D eigenvalue weighted by atomic mass is 16.6. The number of hydrogen-bond donors (Lipinski definition) is 1. The van der Waals surface area contributed by atoms with Gasteiger partial charge in [0, 0.05) is 0 Å². The van der Waals surface area contributed by atoms with E-state index < -0.39 is 0 Å². The SMILES string of the molecule is CCC(O)C1CC2CC1C1OC21. The van der Waals surface area contributed by atoms with Crippen molar-refractivity contribution in [2.45, 2.75) is 44.5 Å². The Morgan fingerprint density at radius 2 is 2.25 bits per heavy atom. The van der Waals surface area contributed by atoms with Crippen LogP contribution in [-0.4, -0.2) is 23.4 Å². The van der Waals surface area contributed by atoms with Crippen LogP contribution in [0.15, 0.2) is 0 Å². The lowest BCUT2D eigenvalue weighted by atomic mass is 9.84. The smallest absolute Gasteiger partial charge is 0.0876 e. The highest BCUT2D eigenvalue weighted by Crippen LogP contribution is 2.59. The molecule has 3 aliphatic rings. The summed E-state index contributed by atoms with van der Waals surface area (Å²) >= 11 is 0. The van der Waals surface area contributed by atoms with Crippen molar-refractivity contribution >= 4 is 0 Å². The molecule has 2 nitrogen and oxygen atoms in total. The third-order valence-corrected chi connectivity index (χ3v) is 4.06. The Balaban J connectivity index is 1.75. The Morgan fingerprint density at radius 1 is 1.42 bits per heavy atom. The van der Waals surface area contributed by atoms with Crippen LogP contribution in [0.2, 0.25) is 0 Å². The summed E-state index contributed by atoms with van der Waals surface area (Å²) in [5.41, 5.74) is 0. The Bertz CT molecular complexity index is 204. The maximum atomic E-state index is 9.76. The zero-order valence-corrected chi connectivity index (χ0v) is 7.44. The third-order valence-electron chi connectivity index (χ3n) is 4.06. The molecule has 2 saturated carbocycles. The van der Waals surface area contributed by atoms with Crippen molar-refractivity contribution in [3.8, 4) is 0 Å². The zero-order valence-electron chi connectivity index (χ0n) is 7.44. The molecule has 0 aromatic rings. The molecule has 6 unspecified atom stereocenters. The second-order valence-electron chi connectivity index (χ2n) is 4.60. The Hall–Kier alpha value is -0.0800. The second-order valence-corrected chi connectivity index (χ2v) is 4.60. The van der Waals surface area contributed by atoms with Crippen LogP contribution < -0.4 is 0 Å². The molecule has 68 valence electrons.